The van der Waals surface area contributed by atoms with Crippen molar-refractivity contribution in [2.45, 2.75) is 66.7 Å². The van der Waals surface area contributed by atoms with Gasteiger partial charge in [0.25, 0.3) is 0 Å². The topological polar surface area (TPSA) is 0 Å². The van der Waals surface area contributed by atoms with Gasteiger partial charge in [0.15, 0.2) is 0 Å². The summed E-state index contributed by atoms with van der Waals surface area (Å²) in [5.41, 5.74) is 2.36. The van der Waals surface area contributed by atoms with E-state index in [1.807, 2.05) is 32.9 Å². The number of hydrogen-bond donors (Lipinski definition) is 0. The maximum absolute atomic E-state index is 13.6. The molecule has 0 atom stereocenters. The molecule has 0 amide bonds. The molecule has 0 saturated carbocycles. The quantitative estimate of drug-likeness (QED) is 0.399. The lowest BCUT2D eigenvalue weighted by Gasteiger charge is -2.20. The summed E-state index contributed by atoms with van der Waals surface area (Å²) in [5.74, 6) is -0.142. The third-order valence-electron chi connectivity index (χ3n) is 3.76. The molecule has 0 radical (unpaired) electrons. The maximum atomic E-state index is 13.6. The van der Waals surface area contributed by atoms with Crippen LogP contribution in [0.25, 0.3) is 0 Å². The first-order valence-electron chi connectivity index (χ1n) is 8.14. The standard InChI is InChI=1S/C11H14ClF.C10H12Cl2.CH4/c1-7-5-8(12)6-9(10(7)13)11(2,3)4;1-10(2,3)7-4-8(11)6-9(12)5-7;/h5-6H,1-4H3;4-6H,1-3H3;1H4. The molecule has 0 fully saturated rings. The van der Waals surface area contributed by atoms with Crippen molar-refractivity contribution in [3.8, 4) is 0 Å². The molecule has 0 heterocycles. The summed E-state index contributed by atoms with van der Waals surface area (Å²) in [6, 6.07) is 9.00. The predicted octanol–water partition coefficient (Wildman–Crippen LogP) is 9.01. The van der Waals surface area contributed by atoms with E-state index in [-0.39, 0.29) is 24.1 Å². The summed E-state index contributed by atoms with van der Waals surface area (Å²) in [5, 5.41) is 2.00. The van der Waals surface area contributed by atoms with Gasteiger partial charge in [0.05, 0.1) is 0 Å². The van der Waals surface area contributed by atoms with Crippen molar-refractivity contribution >= 4 is 34.8 Å². The average Bonchev–Trinajstić information content (AvgIpc) is 2.40. The van der Waals surface area contributed by atoms with E-state index in [0.29, 0.717) is 26.2 Å². The van der Waals surface area contributed by atoms with Gasteiger partial charge in [0.2, 0.25) is 0 Å². The van der Waals surface area contributed by atoms with Crippen LogP contribution >= 0.6 is 34.8 Å². The van der Waals surface area contributed by atoms with Crippen LogP contribution in [0, 0.1) is 12.7 Å². The van der Waals surface area contributed by atoms with E-state index in [2.05, 4.69) is 20.8 Å². The van der Waals surface area contributed by atoms with Crippen LogP contribution in [0.5, 0.6) is 0 Å². The molecule has 2 rings (SSSR count). The molecule has 0 aromatic heterocycles. The van der Waals surface area contributed by atoms with Crippen molar-refractivity contribution in [2.75, 3.05) is 0 Å². The lowest BCUT2D eigenvalue weighted by molar-refractivity contribution is 0.518. The Hall–Kier alpha value is -0.760. The van der Waals surface area contributed by atoms with Crippen LogP contribution < -0.4 is 0 Å². The second-order valence-corrected chi connectivity index (χ2v) is 9.55. The summed E-state index contributed by atoms with van der Waals surface area (Å²) < 4.78 is 13.6. The van der Waals surface area contributed by atoms with E-state index in [0.717, 1.165) is 0 Å². The van der Waals surface area contributed by atoms with Crippen LogP contribution in [-0.4, -0.2) is 0 Å². The lowest BCUT2D eigenvalue weighted by atomic mass is 9.86. The Morgan fingerprint density at radius 2 is 1.12 bits per heavy atom. The first kappa shape index (κ1) is 25.2. The summed E-state index contributed by atoms with van der Waals surface area (Å²) >= 11 is 17.6. The molecule has 0 aliphatic heterocycles. The van der Waals surface area contributed by atoms with Gasteiger partial charge in [-0.3, -0.25) is 0 Å². The molecule has 0 bridgehead atoms. The molecular weight excluding hydrogens is 390 g/mol. The SMILES string of the molecule is C.CC(C)(C)c1cc(Cl)cc(Cl)c1.Cc1cc(Cl)cc(C(C)(C)C)c1F. The summed E-state index contributed by atoms with van der Waals surface area (Å²) in [7, 11) is 0. The molecule has 0 N–H and O–H groups in total. The molecule has 0 aliphatic rings. The molecule has 0 saturated heterocycles. The molecule has 0 aliphatic carbocycles. The van der Waals surface area contributed by atoms with Gasteiger partial charge in [0, 0.05) is 15.1 Å². The van der Waals surface area contributed by atoms with Gasteiger partial charge in [-0.2, -0.15) is 0 Å². The fourth-order valence-electron chi connectivity index (χ4n) is 2.26. The second-order valence-electron chi connectivity index (χ2n) is 8.24. The summed E-state index contributed by atoms with van der Waals surface area (Å²) in [6.07, 6.45) is 0. The van der Waals surface area contributed by atoms with Gasteiger partial charge in [0.1, 0.15) is 5.82 Å². The minimum atomic E-state index is -0.195. The monoisotopic (exact) mass is 418 g/mol. The zero-order valence-corrected chi connectivity index (χ0v) is 18.2. The minimum absolute atomic E-state index is 0. The van der Waals surface area contributed by atoms with Crippen molar-refractivity contribution in [1.82, 2.24) is 0 Å². The molecule has 0 nitrogen and oxygen atoms in total. The van der Waals surface area contributed by atoms with E-state index in [4.69, 9.17) is 34.8 Å². The zero-order chi connectivity index (χ0) is 19.6. The third-order valence-corrected chi connectivity index (χ3v) is 4.41. The van der Waals surface area contributed by atoms with Crippen LogP contribution in [0.15, 0.2) is 30.3 Å². The zero-order valence-electron chi connectivity index (χ0n) is 15.9. The van der Waals surface area contributed by atoms with Gasteiger partial charge < -0.3 is 0 Å². The Morgan fingerprint density at radius 1 is 0.692 bits per heavy atom. The van der Waals surface area contributed by atoms with E-state index in [1.54, 1.807) is 25.1 Å². The number of hydrogen-bond acceptors (Lipinski definition) is 0. The summed E-state index contributed by atoms with van der Waals surface area (Å²) in [6.45, 7) is 14.1. The lowest BCUT2D eigenvalue weighted by Crippen LogP contribution is -2.14. The number of aryl methyl sites for hydroxylation is 1. The van der Waals surface area contributed by atoms with Crippen LogP contribution in [0.2, 0.25) is 15.1 Å². The van der Waals surface area contributed by atoms with Crippen molar-refractivity contribution in [3.05, 3.63) is 67.9 Å². The van der Waals surface area contributed by atoms with Crippen LogP contribution in [-0.2, 0) is 10.8 Å². The van der Waals surface area contributed by atoms with Crippen LogP contribution in [0.3, 0.4) is 0 Å². The first-order chi connectivity index (χ1) is 11.2. The molecule has 2 aromatic carbocycles. The predicted molar refractivity (Wildman–Crippen MR) is 117 cm³/mol. The van der Waals surface area contributed by atoms with Gasteiger partial charge in [-0.25, -0.2) is 4.39 Å². The van der Waals surface area contributed by atoms with Crippen LogP contribution in [0.1, 0.15) is 65.7 Å². The highest BCUT2D eigenvalue weighted by molar-refractivity contribution is 6.34. The molecule has 4 heteroatoms. The summed E-state index contributed by atoms with van der Waals surface area (Å²) in [4.78, 5) is 0. The normalized spacial score (nSPS) is 11.3. The number of halogens is 4. The fraction of sp³-hybridized carbons (Fsp3) is 0.455. The Bertz CT molecular complexity index is 718. The smallest absolute Gasteiger partial charge is 0.129 e. The molecular formula is C22H30Cl3F. The Kier molecular flexibility index (Phi) is 9.16. The van der Waals surface area contributed by atoms with E-state index in [9.17, 15) is 4.39 Å². The number of rotatable bonds is 0. The third kappa shape index (κ3) is 7.47. The van der Waals surface area contributed by atoms with Crippen molar-refractivity contribution in [3.63, 3.8) is 0 Å². The van der Waals surface area contributed by atoms with Crippen molar-refractivity contribution < 1.29 is 4.39 Å². The molecule has 2 aromatic rings. The van der Waals surface area contributed by atoms with Gasteiger partial charge in [-0.1, -0.05) is 83.8 Å². The maximum Gasteiger partial charge on any atom is 0.129 e. The molecule has 26 heavy (non-hydrogen) atoms. The molecule has 0 unspecified atom stereocenters. The Morgan fingerprint density at radius 3 is 1.50 bits per heavy atom. The Labute approximate surface area is 173 Å². The van der Waals surface area contributed by atoms with E-state index in [1.165, 1.54) is 5.56 Å². The molecule has 0 spiro atoms. The van der Waals surface area contributed by atoms with Crippen molar-refractivity contribution in [1.29, 1.82) is 0 Å². The highest BCUT2D eigenvalue weighted by Crippen LogP contribution is 2.30. The molecule has 146 valence electrons. The first-order valence-corrected chi connectivity index (χ1v) is 9.28. The number of benzene rings is 2. The average molecular weight is 420 g/mol. The largest absolute Gasteiger partial charge is 0.206 e. The highest BCUT2D eigenvalue weighted by Gasteiger charge is 2.20. The van der Waals surface area contributed by atoms with Gasteiger partial charge in [-0.05, 0) is 64.8 Å². The van der Waals surface area contributed by atoms with E-state index >= 15 is 0 Å². The van der Waals surface area contributed by atoms with Crippen molar-refractivity contribution in [2.24, 2.45) is 0 Å². The van der Waals surface area contributed by atoms with Gasteiger partial charge >= 0.3 is 0 Å². The second kappa shape index (κ2) is 9.44. The van der Waals surface area contributed by atoms with E-state index < -0.39 is 0 Å². The minimum Gasteiger partial charge on any atom is -0.206 e. The van der Waals surface area contributed by atoms with Gasteiger partial charge in [-0.15, -0.1) is 0 Å². The fourth-order valence-corrected chi connectivity index (χ4v) is 3.06. The highest BCUT2D eigenvalue weighted by atomic mass is 35.5. The Balaban J connectivity index is 0.000000464. The van der Waals surface area contributed by atoms with Crippen LogP contribution in [0.4, 0.5) is 4.39 Å².